The zero-order valence-corrected chi connectivity index (χ0v) is 24.2. The molecule has 1 fully saturated rings. The zero-order valence-electron chi connectivity index (χ0n) is 22.5. The Morgan fingerprint density at radius 3 is 2.35 bits per heavy atom. The number of ether oxygens (including phenoxy) is 2. The lowest BCUT2D eigenvalue weighted by molar-refractivity contribution is -0.145. The minimum atomic E-state index is -1.35. The highest BCUT2D eigenvalue weighted by Crippen LogP contribution is 2.38. The Bertz CT molecular complexity index is 1320. The summed E-state index contributed by atoms with van der Waals surface area (Å²) in [6, 6.07) is 13.1. The number of pyridine rings is 1. The number of halogens is 4. The number of carbonyl (C=O) groups is 1. The van der Waals surface area contributed by atoms with E-state index in [9.17, 15) is 9.90 Å². The van der Waals surface area contributed by atoms with E-state index in [1.165, 1.54) is 0 Å². The van der Waals surface area contributed by atoms with Crippen molar-refractivity contribution in [2.45, 2.75) is 32.9 Å². The molecule has 1 aliphatic rings. The Hall–Kier alpha value is -3.18. The summed E-state index contributed by atoms with van der Waals surface area (Å²) in [6.07, 6.45) is -1.28. The maximum atomic E-state index is 15.8. The van der Waals surface area contributed by atoms with Crippen molar-refractivity contribution >= 4 is 36.5 Å². The molecule has 1 atom stereocenters. The van der Waals surface area contributed by atoms with Crippen LogP contribution in [-0.2, 0) is 11.3 Å². The van der Waals surface area contributed by atoms with Gasteiger partial charge in [-0.05, 0) is 60.8 Å². The molecule has 1 saturated heterocycles. The van der Waals surface area contributed by atoms with Crippen LogP contribution >= 0.6 is 24.8 Å². The molecule has 1 aromatic heterocycles. The first-order chi connectivity index (χ1) is 18.2. The molecule has 3 N–H and O–H groups in total. The third-order valence-electron chi connectivity index (χ3n) is 6.48. The predicted octanol–water partition coefficient (Wildman–Crippen LogP) is 5.42. The molecule has 3 aromatic rings. The number of benzene rings is 2. The number of hydrogen-bond acceptors (Lipinski definition) is 7. The molecule has 0 aliphatic carbocycles. The number of carboxylic acid groups (broad SMARTS) is 1. The van der Waals surface area contributed by atoms with Crippen LogP contribution in [0.25, 0.3) is 11.1 Å². The van der Waals surface area contributed by atoms with E-state index < -0.39 is 35.5 Å². The van der Waals surface area contributed by atoms with Crippen LogP contribution < -0.4 is 20.1 Å². The molecule has 8 nitrogen and oxygen atoms in total. The lowest BCUT2D eigenvalue weighted by atomic mass is 10.0. The van der Waals surface area contributed by atoms with E-state index >= 15 is 8.78 Å². The number of likely N-dealkylation sites (N-methyl/N-ethyl adjacent to an activating group) is 1. The highest BCUT2D eigenvalue weighted by atomic mass is 35.5. The van der Waals surface area contributed by atoms with E-state index in [0.717, 1.165) is 22.3 Å². The van der Waals surface area contributed by atoms with E-state index in [1.807, 2.05) is 49.2 Å². The van der Waals surface area contributed by atoms with Gasteiger partial charge in [0.1, 0.15) is 11.4 Å². The van der Waals surface area contributed by atoms with Gasteiger partial charge in [0, 0.05) is 32.7 Å². The van der Waals surface area contributed by atoms with Crippen LogP contribution in [0.3, 0.4) is 0 Å². The molecule has 0 radical (unpaired) electrons. The summed E-state index contributed by atoms with van der Waals surface area (Å²) in [7, 11) is 1.93. The molecule has 0 bridgehead atoms. The molecule has 12 heteroatoms. The van der Waals surface area contributed by atoms with Crippen LogP contribution in [0.5, 0.6) is 17.5 Å². The largest absolute Gasteiger partial charge is 0.479 e. The van der Waals surface area contributed by atoms with Gasteiger partial charge in [-0.3, -0.25) is 0 Å². The first-order valence-electron chi connectivity index (χ1n) is 12.5. The van der Waals surface area contributed by atoms with E-state index in [1.54, 1.807) is 24.0 Å². The molecule has 0 saturated carbocycles. The Morgan fingerprint density at radius 2 is 1.73 bits per heavy atom. The molecule has 0 amide bonds. The minimum Gasteiger partial charge on any atom is -0.479 e. The van der Waals surface area contributed by atoms with Crippen LogP contribution in [0, 0.1) is 18.6 Å². The summed E-state index contributed by atoms with van der Waals surface area (Å²) < 4.78 is 42.7. The fourth-order valence-electron chi connectivity index (χ4n) is 4.35. The second-order valence-electron chi connectivity index (χ2n) is 9.38. The van der Waals surface area contributed by atoms with Gasteiger partial charge in [-0.2, -0.15) is 13.8 Å². The topological polar surface area (TPSA) is 101 Å². The summed E-state index contributed by atoms with van der Waals surface area (Å²) in [5, 5.41) is 9.43. The van der Waals surface area contributed by atoms with Gasteiger partial charge in [0.15, 0.2) is 6.10 Å². The molecular weight excluding hydrogens is 565 g/mol. The van der Waals surface area contributed by atoms with Crippen molar-refractivity contribution in [3.8, 4) is 28.6 Å². The van der Waals surface area contributed by atoms with Gasteiger partial charge in [-0.1, -0.05) is 31.2 Å². The van der Waals surface area contributed by atoms with Crippen LogP contribution in [0.4, 0.5) is 14.5 Å². The zero-order chi connectivity index (χ0) is 27.4. The Balaban J connectivity index is 0.00000280. The second-order valence-corrected chi connectivity index (χ2v) is 9.38. The molecule has 218 valence electrons. The van der Waals surface area contributed by atoms with Gasteiger partial charge in [-0.15, -0.1) is 24.8 Å². The first-order valence-corrected chi connectivity index (χ1v) is 12.5. The van der Waals surface area contributed by atoms with Gasteiger partial charge >= 0.3 is 5.97 Å². The lowest BCUT2D eigenvalue weighted by Crippen LogP contribution is -2.45. The summed E-state index contributed by atoms with van der Waals surface area (Å²) in [5.74, 6) is -4.13. The van der Waals surface area contributed by atoms with Crippen molar-refractivity contribution in [1.29, 1.82) is 0 Å². The van der Waals surface area contributed by atoms with Gasteiger partial charge in [-0.25, -0.2) is 4.79 Å². The second kappa shape index (κ2) is 14.5. The average molecular weight is 600 g/mol. The average Bonchev–Trinajstić information content (AvgIpc) is 2.90. The van der Waals surface area contributed by atoms with Crippen molar-refractivity contribution in [1.82, 2.24) is 9.88 Å². The van der Waals surface area contributed by atoms with Crippen molar-refractivity contribution in [3.63, 3.8) is 0 Å². The van der Waals surface area contributed by atoms with Crippen LogP contribution in [-0.4, -0.2) is 60.3 Å². The molecule has 0 spiro atoms. The molecule has 2 heterocycles. The SMILES string of the molecule is CCC(Oc1nc(Oc2cc(C)cc(-c3cccc(CN)c3)c2)c(F)c(N2CCN(C)CC2)c1F)C(=O)O.Cl.Cl. The Morgan fingerprint density at radius 1 is 1.05 bits per heavy atom. The quantitative estimate of drug-likeness (QED) is 0.336. The number of nitrogens with two attached hydrogens (primary N) is 1. The number of nitrogens with zero attached hydrogens (tertiary/aromatic N) is 3. The molecule has 4 rings (SSSR count). The van der Waals surface area contributed by atoms with Crippen LogP contribution in [0.15, 0.2) is 42.5 Å². The normalized spacial score (nSPS) is 14.1. The van der Waals surface area contributed by atoms with E-state index in [2.05, 4.69) is 4.98 Å². The maximum absolute atomic E-state index is 15.8. The van der Waals surface area contributed by atoms with Crippen molar-refractivity contribution < 1.29 is 28.2 Å². The predicted molar refractivity (Wildman–Crippen MR) is 155 cm³/mol. The van der Waals surface area contributed by atoms with Gasteiger partial charge in [0.25, 0.3) is 11.8 Å². The highest BCUT2D eigenvalue weighted by Gasteiger charge is 2.31. The standard InChI is InChI=1S/C28H32F2N4O4.2ClH/c1-4-22(28(35)36)38-27-24(30)25(34-10-8-33(3)9-11-34)23(29)26(32-27)37-21-13-17(2)12-20(15-21)19-7-5-6-18(14-19)16-31;;/h5-7,12-15,22H,4,8-11,16,31H2,1-3H3,(H,35,36);2*1H. The number of aryl methyl sites for hydroxylation is 1. The molecule has 2 aromatic carbocycles. The molecule has 1 aliphatic heterocycles. The van der Waals surface area contributed by atoms with Gasteiger partial charge in [0.05, 0.1) is 0 Å². The van der Waals surface area contributed by atoms with Crippen molar-refractivity contribution in [3.05, 3.63) is 65.2 Å². The molecule has 1 unspecified atom stereocenters. The number of aliphatic carboxylic acids is 1. The smallest absolute Gasteiger partial charge is 0.344 e. The number of piperazine rings is 1. The van der Waals surface area contributed by atoms with E-state index in [0.29, 0.717) is 32.7 Å². The summed E-state index contributed by atoms with van der Waals surface area (Å²) >= 11 is 0. The molecular formula is C28H34Cl2F2N4O4. The Labute approximate surface area is 244 Å². The molecule has 40 heavy (non-hydrogen) atoms. The number of aromatic nitrogens is 1. The third kappa shape index (κ3) is 7.51. The Kier molecular flexibility index (Phi) is 11.9. The number of rotatable bonds is 9. The summed E-state index contributed by atoms with van der Waals surface area (Å²) in [4.78, 5) is 19.1. The number of carboxylic acids is 1. The number of anilines is 1. The van der Waals surface area contributed by atoms with Crippen LogP contribution in [0.1, 0.15) is 24.5 Å². The number of hydrogen-bond donors (Lipinski definition) is 2. The highest BCUT2D eigenvalue weighted by molar-refractivity contribution is 5.85. The fourth-order valence-corrected chi connectivity index (χ4v) is 4.35. The van der Waals surface area contributed by atoms with Crippen molar-refractivity contribution in [2.24, 2.45) is 5.73 Å². The van der Waals surface area contributed by atoms with Gasteiger partial charge in [0.2, 0.25) is 11.6 Å². The van der Waals surface area contributed by atoms with Crippen molar-refractivity contribution in [2.75, 3.05) is 38.1 Å². The monoisotopic (exact) mass is 598 g/mol. The lowest BCUT2D eigenvalue weighted by Gasteiger charge is -2.34. The summed E-state index contributed by atoms with van der Waals surface area (Å²) in [5.41, 5.74) is 8.98. The van der Waals surface area contributed by atoms with E-state index in [-0.39, 0.29) is 42.7 Å². The first kappa shape index (κ1) is 33.0. The van der Waals surface area contributed by atoms with E-state index in [4.69, 9.17) is 15.2 Å². The minimum absolute atomic E-state index is 0. The fraction of sp³-hybridized carbons (Fsp3) is 0.357. The third-order valence-corrected chi connectivity index (χ3v) is 6.48. The van der Waals surface area contributed by atoms with Crippen LogP contribution in [0.2, 0.25) is 0 Å². The van der Waals surface area contributed by atoms with Gasteiger partial charge < -0.3 is 30.1 Å². The summed E-state index contributed by atoms with van der Waals surface area (Å²) in [6.45, 7) is 5.80. The maximum Gasteiger partial charge on any atom is 0.344 e.